The third-order valence-electron chi connectivity index (χ3n) is 4.43. The van der Waals surface area contributed by atoms with Crippen LogP contribution >= 0.6 is 35.4 Å². The number of thiocarbonyl (C=S) groups is 1. The highest BCUT2D eigenvalue weighted by atomic mass is 35.5. The number of amides is 1. The second-order valence-electron chi connectivity index (χ2n) is 6.60. The van der Waals surface area contributed by atoms with Gasteiger partial charge in [0.25, 0.3) is 5.91 Å². The smallest absolute Gasteiger partial charge is 0.338 e. The van der Waals surface area contributed by atoms with Crippen LogP contribution in [0.2, 0.25) is 10.0 Å². The van der Waals surface area contributed by atoms with Gasteiger partial charge < -0.3 is 9.64 Å². The summed E-state index contributed by atoms with van der Waals surface area (Å²) < 4.78 is 5.03. The second kappa shape index (κ2) is 11.0. The standard InChI is InChI=1S/C23H19Cl2N3O3S/c1-2-31-22(30)16-3-6-18(7-4-16)28(14-15-9-11-26-12-10-15)23(32)27-21(29)17-5-8-19(24)20(25)13-17/h3-13H,2,14H2,1H3,(H,27,29,32). The molecule has 3 aromatic rings. The summed E-state index contributed by atoms with van der Waals surface area (Å²) in [6.45, 7) is 2.42. The summed E-state index contributed by atoms with van der Waals surface area (Å²) in [5.41, 5.74) is 2.36. The number of hydrogen-bond acceptors (Lipinski definition) is 5. The molecule has 0 aliphatic carbocycles. The van der Waals surface area contributed by atoms with Crippen molar-refractivity contribution in [1.29, 1.82) is 0 Å². The molecule has 1 aromatic heterocycles. The number of halogens is 2. The zero-order chi connectivity index (χ0) is 23.1. The van der Waals surface area contributed by atoms with E-state index in [1.807, 2.05) is 12.1 Å². The van der Waals surface area contributed by atoms with E-state index in [2.05, 4.69) is 10.3 Å². The van der Waals surface area contributed by atoms with Crippen LogP contribution in [0, 0.1) is 0 Å². The Morgan fingerprint density at radius 1 is 1.00 bits per heavy atom. The third kappa shape index (κ3) is 6.03. The lowest BCUT2D eigenvalue weighted by atomic mass is 10.1. The fraction of sp³-hybridized carbons (Fsp3) is 0.130. The molecule has 0 aliphatic heterocycles. The van der Waals surface area contributed by atoms with Crippen molar-refractivity contribution in [1.82, 2.24) is 10.3 Å². The fourth-order valence-corrected chi connectivity index (χ4v) is 3.38. The summed E-state index contributed by atoms with van der Waals surface area (Å²) in [5, 5.41) is 3.54. The van der Waals surface area contributed by atoms with Gasteiger partial charge in [0.2, 0.25) is 0 Å². The van der Waals surface area contributed by atoms with E-state index in [1.165, 1.54) is 6.07 Å². The summed E-state index contributed by atoms with van der Waals surface area (Å²) in [7, 11) is 0. The van der Waals surface area contributed by atoms with E-state index in [-0.39, 0.29) is 10.1 Å². The topological polar surface area (TPSA) is 71.5 Å². The van der Waals surface area contributed by atoms with Crippen LogP contribution in [-0.2, 0) is 11.3 Å². The Hall–Kier alpha value is -3.00. The summed E-state index contributed by atoms with van der Waals surface area (Å²) in [6.07, 6.45) is 3.35. The molecule has 32 heavy (non-hydrogen) atoms. The van der Waals surface area contributed by atoms with E-state index in [4.69, 9.17) is 40.2 Å². The Labute approximate surface area is 201 Å². The first kappa shape index (κ1) is 23.7. The first-order valence-corrected chi connectivity index (χ1v) is 10.8. The van der Waals surface area contributed by atoms with Crippen molar-refractivity contribution in [2.75, 3.05) is 11.5 Å². The van der Waals surface area contributed by atoms with Gasteiger partial charge in [0.15, 0.2) is 5.11 Å². The van der Waals surface area contributed by atoms with Gasteiger partial charge in [-0.3, -0.25) is 15.1 Å². The lowest BCUT2D eigenvalue weighted by Gasteiger charge is -2.26. The highest BCUT2D eigenvalue weighted by molar-refractivity contribution is 7.80. The summed E-state index contributed by atoms with van der Waals surface area (Å²) in [4.78, 5) is 30.5. The van der Waals surface area contributed by atoms with Crippen LogP contribution in [0.4, 0.5) is 5.69 Å². The van der Waals surface area contributed by atoms with Gasteiger partial charge in [-0.15, -0.1) is 0 Å². The second-order valence-corrected chi connectivity index (χ2v) is 7.80. The zero-order valence-electron chi connectivity index (χ0n) is 17.0. The Kier molecular flexibility index (Phi) is 8.16. The highest BCUT2D eigenvalue weighted by Crippen LogP contribution is 2.23. The molecular formula is C23H19Cl2N3O3S. The number of carbonyl (C=O) groups excluding carboxylic acids is 2. The zero-order valence-corrected chi connectivity index (χ0v) is 19.4. The van der Waals surface area contributed by atoms with Crippen LogP contribution in [0.3, 0.4) is 0 Å². The third-order valence-corrected chi connectivity index (χ3v) is 5.49. The van der Waals surface area contributed by atoms with E-state index >= 15 is 0 Å². The first-order valence-electron chi connectivity index (χ1n) is 9.63. The van der Waals surface area contributed by atoms with Gasteiger partial charge in [-0.25, -0.2) is 4.79 Å². The van der Waals surface area contributed by atoms with Gasteiger partial charge >= 0.3 is 5.97 Å². The van der Waals surface area contributed by atoms with Crippen molar-refractivity contribution in [2.45, 2.75) is 13.5 Å². The quantitative estimate of drug-likeness (QED) is 0.376. The van der Waals surface area contributed by atoms with E-state index in [1.54, 1.807) is 60.6 Å². The minimum Gasteiger partial charge on any atom is -0.462 e. The lowest BCUT2D eigenvalue weighted by Crippen LogP contribution is -2.42. The molecule has 3 rings (SSSR count). The monoisotopic (exact) mass is 487 g/mol. The summed E-state index contributed by atoms with van der Waals surface area (Å²) in [5.74, 6) is -0.827. The number of pyridine rings is 1. The van der Waals surface area contributed by atoms with Gasteiger partial charge in [-0.2, -0.15) is 0 Å². The molecule has 164 valence electrons. The predicted octanol–water partition coefficient (Wildman–Crippen LogP) is 5.29. The van der Waals surface area contributed by atoms with Crippen LogP contribution in [0.15, 0.2) is 67.0 Å². The van der Waals surface area contributed by atoms with Crippen molar-refractivity contribution in [3.63, 3.8) is 0 Å². The Bertz CT molecular complexity index is 1130. The Morgan fingerprint density at radius 2 is 1.66 bits per heavy atom. The minimum absolute atomic E-state index is 0.182. The van der Waals surface area contributed by atoms with Gasteiger partial charge in [0.1, 0.15) is 0 Å². The Balaban J connectivity index is 1.85. The van der Waals surface area contributed by atoms with E-state index in [0.717, 1.165) is 5.56 Å². The molecule has 1 N–H and O–H groups in total. The van der Waals surface area contributed by atoms with Crippen LogP contribution in [0.1, 0.15) is 33.2 Å². The maximum Gasteiger partial charge on any atom is 0.338 e. The number of ether oxygens (including phenoxy) is 1. The fourth-order valence-electron chi connectivity index (χ4n) is 2.82. The molecule has 9 heteroatoms. The molecule has 1 amide bonds. The number of aromatic nitrogens is 1. The first-order chi connectivity index (χ1) is 15.4. The molecule has 1 heterocycles. The van der Waals surface area contributed by atoms with Gasteiger partial charge in [-0.1, -0.05) is 23.2 Å². The molecule has 0 atom stereocenters. The van der Waals surface area contributed by atoms with E-state index in [9.17, 15) is 9.59 Å². The molecule has 0 unspecified atom stereocenters. The van der Waals surface area contributed by atoms with Crippen molar-refractivity contribution >= 4 is 58.1 Å². The average molecular weight is 488 g/mol. The number of rotatable bonds is 6. The molecule has 0 radical (unpaired) electrons. The van der Waals surface area contributed by atoms with Crippen LogP contribution in [0.5, 0.6) is 0 Å². The van der Waals surface area contributed by atoms with Crippen molar-refractivity contribution in [3.05, 3.63) is 93.7 Å². The molecule has 6 nitrogen and oxygen atoms in total. The molecule has 0 bridgehead atoms. The van der Waals surface area contributed by atoms with Crippen molar-refractivity contribution < 1.29 is 14.3 Å². The molecular weight excluding hydrogens is 469 g/mol. The van der Waals surface area contributed by atoms with Crippen LogP contribution in [-0.4, -0.2) is 28.6 Å². The number of esters is 1. The number of nitrogens with one attached hydrogen (secondary N) is 1. The molecule has 0 spiro atoms. The Morgan fingerprint density at radius 3 is 2.28 bits per heavy atom. The van der Waals surface area contributed by atoms with Crippen LogP contribution < -0.4 is 10.2 Å². The van der Waals surface area contributed by atoms with Crippen molar-refractivity contribution in [3.8, 4) is 0 Å². The van der Waals surface area contributed by atoms with Crippen molar-refractivity contribution in [2.24, 2.45) is 0 Å². The number of nitrogens with zero attached hydrogens (tertiary/aromatic N) is 2. The number of carbonyl (C=O) groups is 2. The summed E-state index contributed by atoms with van der Waals surface area (Å²) in [6, 6.07) is 15.1. The number of hydrogen-bond donors (Lipinski definition) is 1. The van der Waals surface area contributed by atoms with Gasteiger partial charge in [0, 0.05) is 23.6 Å². The lowest BCUT2D eigenvalue weighted by molar-refractivity contribution is 0.0526. The van der Waals surface area contributed by atoms with E-state index < -0.39 is 11.9 Å². The summed E-state index contributed by atoms with van der Waals surface area (Å²) >= 11 is 17.5. The van der Waals surface area contributed by atoms with E-state index in [0.29, 0.717) is 35.0 Å². The molecule has 0 aliphatic rings. The SMILES string of the molecule is CCOC(=O)c1ccc(N(Cc2ccncc2)C(=S)NC(=O)c2ccc(Cl)c(Cl)c2)cc1. The van der Waals surface area contributed by atoms with Crippen LogP contribution in [0.25, 0.3) is 0 Å². The predicted molar refractivity (Wildman–Crippen MR) is 129 cm³/mol. The largest absolute Gasteiger partial charge is 0.462 e. The average Bonchev–Trinajstić information content (AvgIpc) is 2.80. The van der Waals surface area contributed by atoms with Gasteiger partial charge in [0.05, 0.1) is 28.8 Å². The minimum atomic E-state index is -0.420. The van der Waals surface area contributed by atoms with Gasteiger partial charge in [-0.05, 0) is 79.3 Å². The maximum absolute atomic E-state index is 12.7. The number of anilines is 1. The molecule has 0 saturated heterocycles. The maximum atomic E-state index is 12.7. The molecule has 0 fully saturated rings. The number of benzene rings is 2. The normalized spacial score (nSPS) is 10.3. The highest BCUT2D eigenvalue weighted by Gasteiger charge is 2.18. The molecule has 0 saturated carbocycles. The molecule has 2 aromatic carbocycles.